The molecule has 29 heavy (non-hydrogen) atoms. The number of hydrogen-bond donors (Lipinski definition) is 1. The van der Waals surface area contributed by atoms with E-state index in [-0.39, 0.29) is 13.0 Å². The van der Waals surface area contributed by atoms with Crippen LogP contribution < -0.4 is 15.0 Å². The average Bonchev–Trinajstić information content (AvgIpc) is 2.74. The highest BCUT2D eigenvalue weighted by Crippen LogP contribution is 2.23. The van der Waals surface area contributed by atoms with Crippen LogP contribution in [0.1, 0.15) is 5.56 Å². The third-order valence-corrected chi connectivity index (χ3v) is 4.70. The zero-order chi connectivity index (χ0) is 20.6. The van der Waals surface area contributed by atoms with Gasteiger partial charge in [0.1, 0.15) is 5.75 Å². The molecule has 1 N–H and O–H groups in total. The zero-order valence-electron chi connectivity index (χ0n) is 16.2. The van der Waals surface area contributed by atoms with Gasteiger partial charge in [0, 0.05) is 35.1 Å². The van der Waals surface area contributed by atoms with Gasteiger partial charge >= 0.3 is 5.97 Å². The van der Waals surface area contributed by atoms with Gasteiger partial charge < -0.3 is 24.4 Å². The Bertz CT molecular complexity index is 851. The Morgan fingerprint density at radius 1 is 1.14 bits per heavy atom. The Balaban J connectivity index is 1.47. The van der Waals surface area contributed by atoms with Crippen LogP contribution in [-0.4, -0.2) is 51.9 Å². The second kappa shape index (κ2) is 10.1. The number of hydrogen-bond acceptors (Lipinski definition) is 6. The molecule has 8 heteroatoms. The van der Waals surface area contributed by atoms with E-state index in [2.05, 4.69) is 10.2 Å². The van der Waals surface area contributed by atoms with E-state index >= 15 is 0 Å². The highest BCUT2D eigenvalue weighted by molar-refractivity contribution is 6.30. The first-order valence-electron chi connectivity index (χ1n) is 9.26. The Morgan fingerprint density at radius 3 is 2.55 bits per heavy atom. The summed E-state index contributed by atoms with van der Waals surface area (Å²) < 4.78 is 15.6. The average molecular weight is 419 g/mol. The Hall–Kier alpha value is -2.77. The van der Waals surface area contributed by atoms with Crippen LogP contribution in [0, 0.1) is 0 Å². The van der Waals surface area contributed by atoms with Crippen molar-refractivity contribution in [2.45, 2.75) is 6.42 Å². The van der Waals surface area contributed by atoms with Gasteiger partial charge in [-0.15, -0.1) is 0 Å². The van der Waals surface area contributed by atoms with Gasteiger partial charge in [-0.1, -0.05) is 11.6 Å². The first-order valence-corrected chi connectivity index (χ1v) is 9.63. The smallest absolute Gasteiger partial charge is 0.310 e. The van der Waals surface area contributed by atoms with Crippen molar-refractivity contribution < 1.29 is 23.8 Å². The Morgan fingerprint density at radius 2 is 1.86 bits per heavy atom. The molecule has 1 fully saturated rings. The molecule has 0 aliphatic carbocycles. The van der Waals surface area contributed by atoms with Gasteiger partial charge in [-0.05, 0) is 42.5 Å². The lowest BCUT2D eigenvalue weighted by atomic mass is 10.1. The van der Waals surface area contributed by atoms with Crippen molar-refractivity contribution in [1.29, 1.82) is 0 Å². The predicted molar refractivity (Wildman–Crippen MR) is 111 cm³/mol. The second-order valence-electron chi connectivity index (χ2n) is 6.49. The van der Waals surface area contributed by atoms with Crippen molar-refractivity contribution in [1.82, 2.24) is 0 Å². The topological polar surface area (TPSA) is 77.1 Å². The number of methoxy groups -OCH3 is 1. The first-order chi connectivity index (χ1) is 14.0. The number of carbonyl (C=O) groups excluding carboxylic acids is 2. The van der Waals surface area contributed by atoms with E-state index in [0.29, 0.717) is 35.2 Å². The summed E-state index contributed by atoms with van der Waals surface area (Å²) in [5, 5.41) is 3.21. The van der Waals surface area contributed by atoms with Gasteiger partial charge in [0.25, 0.3) is 5.91 Å². The minimum absolute atomic E-state index is 0.0364. The summed E-state index contributed by atoms with van der Waals surface area (Å²) in [4.78, 5) is 26.3. The fraction of sp³-hybridized carbons (Fsp3) is 0.333. The van der Waals surface area contributed by atoms with Crippen LogP contribution in [0.3, 0.4) is 0 Å². The fourth-order valence-electron chi connectivity index (χ4n) is 3.01. The van der Waals surface area contributed by atoms with Gasteiger partial charge in [0.2, 0.25) is 0 Å². The number of rotatable bonds is 7. The maximum absolute atomic E-state index is 12.1. The number of esters is 1. The van der Waals surface area contributed by atoms with Gasteiger partial charge in [0.05, 0.1) is 26.7 Å². The number of halogens is 1. The van der Waals surface area contributed by atoms with Crippen LogP contribution in [0.15, 0.2) is 42.5 Å². The van der Waals surface area contributed by atoms with Crippen molar-refractivity contribution in [3.63, 3.8) is 0 Å². The lowest BCUT2D eigenvalue weighted by Gasteiger charge is -2.28. The van der Waals surface area contributed by atoms with Crippen LogP contribution in [0.4, 0.5) is 11.4 Å². The van der Waals surface area contributed by atoms with E-state index in [9.17, 15) is 9.59 Å². The summed E-state index contributed by atoms with van der Waals surface area (Å²) >= 11 is 5.95. The van der Waals surface area contributed by atoms with Crippen LogP contribution in [0.25, 0.3) is 0 Å². The zero-order valence-corrected chi connectivity index (χ0v) is 16.9. The lowest BCUT2D eigenvalue weighted by Crippen LogP contribution is -2.36. The van der Waals surface area contributed by atoms with Crippen molar-refractivity contribution in [2.75, 3.05) is 50.2 Å². The Kier molecular flexibility index (Phi) is 7.32. The minimum Gasteiger partial charge on any atom is -0.496 e. The van der Waals surface area contributed by atoms with Gasteiger partial charge in [-0.25, -0.2) is 0 Å². The molecule has 1 aliphatic heterocycles. The summed E-state index contributed by atoms with van der Waals surface area (Å²) in [6.45, 7) is 2.75. The summed E-state index contributed by atoms with van der Waals surface area (Å²) in [5.74, 6) is -0.407. The predicted octanol–water partition coefficient (Wildman–Crippen LogP) is 2.91. The monoisotopic (exact) mass is 418 g/mol. The molecule has 1 aliphatic rings. The van der Waals surface area contributed by atoms with Crippen molar-refractivity contribution in [2.24, 2.45) is 0 Å². The molecule has 0 bridgehead atoms. The van der Waals surface area contributed by atoms with Crippen molar-refractivity contribution in [3.05, 3.63) is 53.1 Å². The van der Waals surface area contributed by atoms with Crippen molar-refractivity contribution in [3.8, 4) is 5.75 Å². The molecular formula is C21H23ClN2O5. The SMILES string of the molecule is COc1ccc(Cl)cc1CC(=O)OCC(=O)Nc1ccc(N2CCOCC2)cc1. The molecule has 0 radical (unpaired) electrons. The van der Waals surface area contributed by atoms with Gasteiger partial charge in [-0.2, -0.15) is 0 Å². The summed E-state index contributed by atoms with van der Waals surface area (Å²) in [6.07, 6.45) is -0.0364. The van der Waals surface area contributed by atoms with E-state index < -0.39 is 11.9 Å². The number of nitrogens with one attached hydrogen (secondary N) is 1. The second-order valence-corrected chi connectivity index (χ2v) is 6.92. The molecule has 0 unspecified atom stereocenters. The van der Waals surface area contributed by atoms with Crippen LogP contribution >= 0.6 is 11.6 Å². The molecule has 2 aromatic carbocycles. The van der Waals surface area contributed by atoms with Crippen molar-refractivity contribution >= 4 is 34.9 Å². The van der Waals surface area contributed by atoms with E-state index in [1.54, 1.807) is 18.2 Å². The third kappa shape index (κ3) is 6.10. The molecule has 1 heterocycles. The van der Waals surface area contributed by atoms with Crippen LogP contribution in [0.2, 0.25) is 5.02 Å². The maximum atomic E-state index is 12.1. The molecule has 0 aromatic heterocycles. The Labute approximate surface area is 174 Å². The first kappa shape index (κ1) is 21.0. The highest BCUT2D eigenvalue weighted by Gasteiger charge is 2.14. The molecule has 1 saturated heterocycles. The van der Waals surface area contributed by atoms with Gasteiger partial charge in [0.15, 0.2) is 6.61 Å². The largest absolute Gasteiger partial charge is 0.496 e. The molecular weight excluding hydrogens is 396 g/mol. The number of morpholine rings is 1. The number of carbonyl (C=O) groups is 2. The standard InChI is InChI=1S/C21H23ClN2O5/c1-27-19-7-2-16(22)12-15(19)13-21(26)29-14-20(25)23-17-3-5-18(6-4-17)24-8-10-28-11-9-24/h2-7,12H,8-11,13-14H2,1H3,(H,23,25). The van der Waals surface area contributed by atoms with Crippen LogP contribution in [0.5, 0.6) is 5.75 Å². The molecule has 3 rings (SSSR count). The summed E-state index contributed by atoms with van der Waals surface area (Å²) in [6, 6.07) is 12.5. The molecule has 2 aromatic rings. The normalized spacial score (nSPS) is 13.7. The number of amides is 1. The molecule has 0 spiro atoms. The molecule has 0 saturated carbocycles. The molecule has 0 atom stereocenters. The van der Waals surface area contributed by atoms with Gasteiger partial charge in [-0.3, -0.25) is 9.59 Å². The number of nitrogens with zero attached hydrogens (tertiary/aromatic N) is 1. The maximum Gasteiger partial charge on any atom is 0.310 e. The molecule has 154 valence electrons. The van der Waals surface area contributed by atoms with E-state index in [1.807, 2.05) is 24.3 Å². The number of benzene rings is 2. The third-order valence-electron chi connectivity index (χ3n) is 4.47. The highest BCUT2D eigenvalue weighted by atomic mass is 35.5. The fourth-order valence-corrected chi connectivity index (χ4v) is 3.21. The quantitative estimate of drug-likeness (QED) is 0.697. The molecule has 7 nitrogen and oxygen atoms in total. The number of ether oxygens (including phenoxy) is 3. The molecule has 1 amide bonds. The lowest BCUT2D eigenvalue weighted by molar-refractivity contribution is -0.146. The number of anilines is 2. The van der Waals surface area contributed by atoms with Crippen LogP contribution in [-0.2, 0) is 25.5 Å². The summed E-state index contributed by atoms with van der Waals surface area (Å²) in [5.41, 5.74) is 2.32. The van der Waals surface area contributed by atoms with E-state index in [1.165, 1.54) is 7.11 Å². The summed E-state index contributed by atoms with van der Waals surface area (Å²) in [7, 11) is 1.51. The van der Waals surface area contributed by atoms with E-state index in [4.69, 9.17) is 25.8 Å². The van der Waals surface area contributed by atoms with E-state index in [0.717, 1.165) is 18.8 Å². The minimum atomic E-state index is -0.539.